The van der Waals surface area contributed by atoms with Crippen LogP contribution in [0.1, 0.15) is 26.4 Å². The van der Waals surface area contributed by atoms with Gasteiger partial charge in [0.2, 0.25) is 0 Å². The summed E-state index contributed by atoms with van der Waals surface area (Å²) in [6.45, 7) is 1.01. The second-order valence-electron chi connectivity index (χ2n) is 4.90. The minimum absolute atomic E-state index is 0.391. The molecule has 0 spiro atoms. The lowest BCUT2D eigenvalue weighted by atomic mass is 10.1. The Morgan fingerprint density at radius 1 is 1.26 bits per heavy atom. The monoisotopic (exact) mass is 327 g/mol. The maximum absolute atomic E-state index is 12.0. The molecule has 1 aromatic carbocycles. The van der Waals surface area contributed by atoms with Gasteiger partial charge in [0.25, 0.3) is 5.91 Å². The van der Waals surface area contributed by atoms with E-state index in [4.69, 9.17) is 4.74 Å². The summed E-state index contributed by atoms with van der Waals surface area (Å²) in [5.74, 6) is -0.494. The number of nitrogens with one attached hydrogen (secondary N) is 2. The van der Waals surface area contributed by atoms with Crippen LogP contribution in [-0.4, -0.2) is 18.5 Å². The summed E-state index contributed by atoms with van der Waals surface area (Å²) >= 11 is 1.31. The van der Waals surface area contributed by atoms with E-state index in [2.05, 4.69) is 16.7 Å². The zero-order valence-corrected chi connectivity index (χ0v) is 12.9. The molecule has 0 saturated carbocycles. The van der Waals surface area contributed by atoms with Crippen molar-refractivity contribution in [3.05, 3.63) is 51.9 Å². The number of rotatable bonds is 2. The maximum Gasteiger partial charge on any atom is 0.326 e. The largest absolute Gasteiger partial charge is 0.376 e. The van der Waals surface area contributed by atoms with Crippen molar-refractivity contribution in [3.8, 4) is 6.07 Å². The fourth-order valence-electron chi connectivity index (χ4n) is 2.34. The number of anilines is 1. The number of ether oxygens (including phenoxy) is 1. The van der Waals surface area contributed by atoms with Crippen LogP contribution in [0.4, 0.5) is 9.80 Å². The van der Waals surface area contributed by atoms with E-state index in [0.29, 0.717) is 35.8 Å². The van der Waals surface area contributed by atoms with Gasteiger partial charge in [-0.3, -0.25) is 15.4 Å². The molecular formula is C16H13N3O3S. The van der Waals surface area contributed by atoms with Crippen molar-refractivity contribution in [1.82, 2.24) is 5.32 Å². The van der Waals surface area contributed by atoms with Crippen LogP contribution in [0.15, 0.2) is 30.3 Å². The number of fused-ring (bicyclic) bond motifs is 1. The molecule has 3 rings (SSSR count). The average molecular weight is 327 g/mol. The summed E-state index contributed by atoms with van der Waals surface area (Å²) in [4.78, 5) is 24.9. The zero-order chi connectivity index (χ0) is 16.2. The zero-order valence-electron chi connectivity index (χ0n) is 12.1. The van der Waals surface area contributed by atoms with Crippen LogP contribution in [0.5, 0.6) is 0 Å². The number of thiophene rings is 1. The molecule has 1 aromatic heterocycles. The third-order valence-corrected chi connectivity index (χ3v) is 4.54. The van der Waals surface area contributed by atoms with Crippen molar-refractivity contribution >= 4 is 28.3 Å². The van der Waals surface area contributed by atoms with E-state index in [1.807, 2.05) is 0 Å². The molecule has 0 aliphatic carbocycles. The maximum atomic E-state index is 12.0. The van der Waals surface area contributed by atoms with E-state index < -0.39 is 11.9 Å². The summed E-state index contributed by atoms with van der Waals surface area (Å²) in [6, 6.07) is 9.91. The Morgan fingerprint density at radius 2 is 2.04 bits per heavy atom. The van der Waals surface area contributed by atoms with Gasteiger partial charge in [-0.15, -0.1) is 11.3 Å². The number of benzene rings is 1. The van der Waals surface area contributed by atoms with Gasteiger partial charge in [-0.2, -0.15) is 5.26 Å². The van der Waals surface area contributed by atoms with Gasteiger partial charge in [0.1, 0.15) is 11.1 Å². The van der Waals surface area contributed by atoms with Crippen molar-refractivity contribution in [2.75, 3.05) is 11.9 Å². The molecule has 1 aliphatic heterocycles. The lowest BCUT2D eigenvalue weighted by Crippen LogP contribution is -2.34. The molecule has 0 saturated heterocycles. The SMILES string of the molecule is N#Cc1c(NC(=O)NC(=O)c2ccccc2)sc2c1CCOC2. The first-order valence-corrected chi connectivity index (χ1v) is 7.80. The van der Waals surface area contributed by atoms with Gasteiger partial charge in [-0.1, -0.05) is 18.2 Å². The Morgan fingerprint density at radius 3 is 2.78 bits per heavy atom. The fraction of sp³-hybridized carbons (Fsp3) is 0.188. The van der Waals surface area contributed by atoms with Crippen molar-refractivity contribution in [3.63, 3.8) is 0 Å². The first kappa shape index (κ1) is 15.2. The Kier molecular flexibility index (Phi) is 4.37. The van der Waals surface area contributed by atoms with Gasteiger partial charge in [0.05, 0.1) is 18.8 Å². The van der Waals surface area contributed by atoms with Crippen molar-refractivity contribution in [1.29, 1.82) is 5.26 Å². The molecule has 0 radical (unpaired) electrons. The summed E-state index contributed by atoms with van der Waals surface area (Å²) < 4.78 is 5.35. The topological polar surface area (TPSA) is 91.2 Å². The first-order chi connectivity index (χ1) is 11.2. The molecule has 7 heteroatoms. The molecule has 2 N–H and O–H groups in total. The van der Waals surface area contributed by atoms with Crippen molar-refractivity contribution in [2.45, 2.75) is 13.0 Å². The molecule has 1 aliphatic rings. The van der Waals surface area contributed by atoms with Gasteiger partial charge in [-0.25, -0.2) is 4.79 Å². The van der Waals surface area contributed by atoms with E-state index in [0.717, 1.165) is 10.4 Å². The van der Waals surface area contributed by atoms with E-state index >= 15 is 0 Å². The third kappa shape index (κ3) is 3.23. The first-order valence-electron chi connectivity index (χ1n) is 6.99. The van der Waals surface area contributed by atoms with Gasteiger partial charge < -0.3 is 4.74 Å². The molecule has 3 amide bonds. The van der Waals surface area contributed by atoms with Crippen LogP contribution in [0.3, 0.4) is 0 Å². The molecule has 23 heavy (non-hydrogen) atoms. The Hall–Kier alpha value is -2.69. The number of hydrogen-bond acceptors (Lipinski definition) is 5. The van der Waals surface area contributed by atoms with Gasteiger partial charge >= 0.3 is 6.03 Å². The number of nitriles is 1. The Labute approximate surface area is 136 Å². The van der Waals surface area contributed by atoms with E-state index in [1.54, 1.807) is 30.3 Å². The molecule has 0 unspecified atom stereocenters. The smallest absolute Gasteiger partial charge is 0.326 e. The van der Waals surface area contributed by atoms with Crippen LogP contribution in [0.2, 0.25) is 0 Å². The minimum Gasteiger partial charge on any atom is -0.376 e. The number of hydrogen-bond donors (Lipinski definition) is 2. The van der Waals surface area contributed by atoms with Crippen LogP contribution in [0.25, 0.3) is 0 Å². The van der Waals surface area contributed by atoms with Crippen molar-refractivity contribution < 1.29 is 14.3 Å². The quantitative estimate of drug-likeness (QED) is 0.887. The number of nitrogens with zero attached hydrogens (tertiary/aromatic N) is 1. The van der Waals surface area contributed by atoms with Gasteiger partial charge in [-0.05, 0) is 24.1 Å². The lowest BCUT2D eigenvalue weighted by molar-refractivity contribution is 0.0967. The molecule has 0 atom stereocenters. The predicted molar refractivity (Wildman–Crippen MR) is 85.3 cm³/mol. The molecule has 2 aromatic rings. The molecular weight excluding hydrogens is 314 g/mol. The van der Waals surface area contributed by atoms with E-state index in [9.17, 15) is 14.9 Å². The standard InChI is InChI=1S/C16H13N3O3S/c17-8-12-11-6-7-22-9-13(11)23-15(12)19-16(21)18-14(20)10-4-2-1-3-5-10/h1-5H,6-7,9H2,(H2,18,19,20,21). The number of carbonyl (C=O) groups excluding carboxylic acids is 2. The second-order valence-corrected chi connectivity index (χ2v) is 6.00. The fourth-order valence-corrected chi connectivity index (χ4v) is 3.47. The molecule has 0 fully saturated rings. The van der Waals surface area contributed by atoms with Crippen molar-refractivity contribution in [2.24, 2.45) is 0 Å². The number of carbonyl (C=O) groups is 2. The second kappa shape index (κ2) is 6.60. The van der Waals surface area contributed by atoms with Crippen LogP contribution < -0.4 is 10.6 Å². The summed E-state index contributed by atoms with van der Waals surface area (Å²) in [7, 11) is 0. The van der Waals surface area contributed by atoms with Crippen LogP contribution in [0, 0.1) is 11.3 Å². The number of imide groups is 1. The summed E-state index contributed by atoms with van der Waals surface area (Å²) in [5, 5.41) is 14.6. The predicted octanol–water partition coefficient (Wildman–Crippen LogP) is 2.65. The lowest BCUT2D eigenvalue weighted by Gasteiger charge is -2.11. The van der Waals surface area contributed by atoms with Gasteiger partial charge in [0.15, 0.2) is 0 Å². The minimum atomic E-state index is -0.658. The highest BCUT2D eigenvalue weighted by Crippen LogP contribution is 2.35. The highest BCUT2D eigenvalue weighted by atomic mass is 32.1. The van der Waals surface area contributed by atoms with Crippen LogP contribution >= 0.6 is 11.3 Å². The summed E-state index contributed by atoms with van der Waals surface area (Å²) in [6.07, 6.45) is 0.654. The highest BCUT2D eigenvalue weighted by Gasteiger charge is 2.22. The molecule has 6 nitrogen and oxygen atoms in total. The van der Waals surface area contributed by atoms with E-state index in [1.165, 1.54) is 11.3 Å². The Balaban J connectivity index is 1.72. The average Bonchev–Trinajstić information content (AvgIpc) is 2.92. The Bertz CT molecular complexity index is 793. The third-order valence-electron chi connectivity index (χ3n) is 3.42. The number of amides is 3. The molecule has 0 bridgehead atoms. The van der Waals surface area contributed by atoms with E-state index in [-0.39, 0.29) is 0 Å². The molecule has 2 heterocycles. The highest BCUT2D eigenvalue weighted by molar-refractivity contribution is 7.16. The number of urea groups is 1. The van der Waals surface area contributed by atoms with Crippen LogP contribution in [-0.2, 0) is 17.8 Å². The molecule has 116 valence electrons. The van der Waals surface area contributed by atoms with Gasteiger partial charge in [0, 0.05) is 10.4 Å². The summed E-state index contributed by atoms with van der Waals surface area (Å²) in [5.41, 5.74) is 1.77. The normalized spacial score (nSPS) is 12.8.